The van der Waals surface area contributed by atoms with Crippen molar-refractivity contribution >= 4 is 11.7 Å². The first kappa shape index (κ1) is 17.6. The maximum absolute atomic E-state index is 11.6. The van der Waals surface area contributed by atoms with Crippen LogP contribution in [-0.2, 0) is 4.79 Å². The Balaban J connectivity index is 1.98. The molecule has 2 unspecified atom stereocenters. The number of hydrogen-bond acceptors (Lipinski definition) is 7. The van der Waals surface area contributed by atoms with Crippen LogP contribution < -0.4 is 14.8 Å². The van der Waals surface area contributed by atoms with Crippen LogP contribution in [0.4, 0.5) is 0 Å². The standard InChI is InChI=1S/C18H17NO7/c1-9(21)19-18-17(11-2-4-12(22)13(23)6-11)25-15-5-3-10(14(24)8-20)7-16(15)26-18/h2-7,17-18,20,22-23H,8H2,1H3,(H,19,21). The fourth-order valence-electron chi connectivity index (χ4n) is 2.63. The minimum absolute atomic E-state index is 0.238. The Bertz CT molecular complexity index is 865. The van der Waals surface area contributed by atoms with Crippen LogP contribution in [0.3, 0.4) is 0 Å². The summed E-state index contributed by atoms with van der Waals surface area (Å²) in [4.78, 5) is 23.2. The van der Waals surface area contributed by atoms with Crippen molar-refractivity contribution in [3.05, 3.63) is 47.5 Å². The Morgan fingerprint density at radius 1 is 1.04 bits per heavy atom. The predicted octanol–water partition coefficient (Wildman–Crippen LogP) is 1.25. The number of hydrogen-bond donors (Lipinski definition) is 4. The lowest BCUT2D eigenvalue weighted by molar-refractivity contribution is -0.124. The molecule has 0 aliphatic carbocycles. The zero-order valence-corrected chi connectivity index (χ0v) is 13.8. The number of rotatable bonds is 4. The van der Waals surface area contributed by atoms with Gasteiger partial charge in [-0.1, -0.05) is 6.07 Å². The van der Waals surface area contributed by atoms with Crippen LogP contribution in [0.2, 0.25) is 0 Å². The summed E-state index contributed by atoms with van der Waals surface area (Å²) in [6.07, 6.45) is -1.72. The summed E-state index contributed by atoms with van der Waals surface area (Å²) in [5.74, 6) is -0.881. The molecule has 0 saturated carbocycles. The Morgan fingerprint density at radius 3 is 2.46 bits per heavy atom. The van der Waals surface area contributed by atoms with Gasteiger partial charge in [-0.3, -0.25) is 9.59 Å². The molecule has 0 radical (unpaired) electrons. The summed E-state index contributed by atoms with van der Waals surface area (Å²) in [5.41, 5.74) is 0.720. The molecule has 2 atom stereocenters. The number of ketones is 1. The summed E-state index contributed by atoms with van der Waals surface area (Å²) in [5, 5.41) is 30.8. The van der Waals surface area contributed by atoms with E-state index in [1.807, 2.05) is 0 Å². The van der Waals surface area contributed by atoms with Crippen LogP contribution in [0.1, 0.15) is 28.9 Å². The number of carbonyl (C=O) groups excluding carboxylic acids is 2. The average molecular weight is 359 g/mol. The van der Waals surface area contributed by atoms with Crippen LogP contribution in [0, 0.1) is 0 Å². The van der Waals surface area contributed by atoms with Crippen molar-refractivity contribution < 1.29 is 34.4 Å². The summed E-state index contributed by atoms with van der Waals surface area (Å²) in [6, 6.07) is 8.59. The Labute approximate surface area is 148 Å². The molecule has 3 rings (SSSR count). The first-order valence-corrected chi connectivity index (χ1v) is 7.79. The summed E-state index contributed by atoms with van der Waals surface area (Å²) < 4.78 is 11.7. The minimum atomic E-state index is -0.927. The van der Waals surface area contributed by atoms with Gasteiger partial charge in [0.05, 0.1) is 0 Å². The van der Waals surface area contributed by atoms with Gasteiger partial charge in [-0.25, -0.2) is 0 Å². The number of nitrogens with one attached hydrogen (secondary N) is 1. The number of phenols is 2. The molecule has 2 aromatic rings. The summed E-state index contributed by atoms with van der Waals surface area (Å²) in [7, 11) is 0. The number of fused-ring (bicyclic) bond motifs is 1. The molecule has 4 N–H and O–H groups in total. The second-order valence-corrected chi connectivity index (χ2v) is 5.77. The number of Topliss-reactive ketones (excluding diaryl/α,β-unsaturated/α-hetero) is 1. The molecule has 0 aromatic heterocycles. The lowest BCUT2D eigenvalue weighted by atomic mass is 10.0. The molecule has 2 aromatic carbocycles. The van der Waals surface area contributed by atoms with Crippen LogP contribution in [0.5, 0.6) is 23.0 Å². The quantitative estimate of drug-likeness (QED) is 0.478. The fraction of sp³-hybridized carbons (Fsp3) is 0.222. The molecule has 1 aliphatic heterocycles. The van der Waals surface area contributed by atoms with E-state index in [1.165, 1.54) is 43.3 Å². The second-order valence-electron chi connectivity index (χ2n) is 5.77. The molecule has 1 heterocycles. The van der Waals surface area contributed by atoms with E-state index in [0.29, 0.717) is 11.3 Å². The van der Waals surface area contributed by atoms with Gasteiger partial charge in [-0.2, -0.15) is 0 Å². The average Bonchev–Trinajstić information content (AvgIpc) is 2.62. The van der Waals surface area contributed by atoms with Crippen molar-refractivity contribution in [2.75, 3.05) is 6.61 Å². The number of aliphatic hydroxyl groups is 1. The van der Waals surface area contributed by atoms with Crippen molar-refractivity contribution in [3.8, 4) is 23.0 Å². The monoisotopic (exact) mass is 359 g/mol. The van der Waals surface area contributed by atoms with Crippen LogP contribution in [-0.4, -0.2) is 39.8 Å². The van der Waals surface area contributed by atoms with E-state index in [4.69, 9.17) is 14.6 Å². The third-order valence-electron chi connectivity index (χ3n) is 3.87. The molecule has 8 heteroatoms. The van der Waals surface area contributed by atoms with Crippen LogP contribution in [0.25, 0.3) is 0 Å². The molecule has 0 spiro atoms. The van der Waals surface area contributed by atoms with E-state index in [0.717, 1.165) is 0 Å². The van der Waals surface area contributed by atoms with Crippen LogP contribution in [0.15, 0.2) is 36.4 Å². The fourth-order valence-corrected chi connectivity index (χ4v) is 2.63. The SMILES string of the molecule is CC(=O)NC1Oc2cc(C(=O)CO)ccc2OC1c1ccc(O)c(O)c1. The van der Waals surface area contributed by atoms with E-state index >= 15 is 0 Å². The molecule has 0 bridgehead atoms. The van der Waals surface area contributed by atoms with Gasteiger partial charge in [-0.05, 0) is 30.3 Å². The lowest BCUT2D eigenvalue weighted by Gasteiger charge is -2.34. The molecule has 26 heavy (non-hydrogen) atoms. The van der Waals surface area contributed by atoms with Crippen molar-refractivity contribution in [2.45, 2.75) is 19.3 Å². The van der Waals surface area contributed by atoms with Gasteiger partial charge in [0.1, 0.15) is 6.61 Å². The molecule has 0 saturated heterocycles. The van der Waals surface area contributed by atoms with Gasteiger partial charge < -0.3 is 30.1 Å². The van der Waals surface area contributed by atoms with Gasteiger partial charge in [0.25, 0.3) is 0 Å². The molecular formula is C18H17NO7. The molecule has 1 amide bonds. The van der Waals surface area contributed by atoms with Gasteiger partial charge in [0.2, 0.25) is 12.1 Å². The number of phenolic OH excluding ortho intramolecular Hbond substituents is 2. The highest BCUT2D eigenvalue weighted by Gasteiger charge is 2.34. The van der Waals surface area contributed by atoms with Gasteiger partial charge >= 0.3 is 0 Å². The van der Waals surface area contributed by atoms with Gasteiger partial charge in [-0.15, -0.1) is 0 Å². The molecule has 8 nitrogen and oxygen atoms in total. The number of aliphatic hydroxyl groups excluding tert-OH is 1. The van der Waals surface area contributed by atoms with Crippen molar-refractivity contribution in [3.63, 3.8) is 0 Å². The molecule has 1 aliphatic rings. The topological polar surface area (TPSA) is 125 Å². The van der Waals surface area contributed by atoms with Crippen LogP contribution >= 0.6 is 0 Å². The normalized spacial score (nSPS) is 18.2. The lowest BCUT2D eigenvalue weighted by Crippen LogP contribution is -2.46. The first-order valence-electron chi connectivity index (χ1n) is 7.79. The summed E-state index contributed by atoms with van der Waals surface area (Å²) in [6.45, 7) is 0.681. The largest absolute Gasteiger partial charge is 0.504 e. The summed E-state index contributed by atoms with van der Waals surface area (Å²) >= 11 is 0. The van der Waals surface area contributed by atoms with E-state index < -0.39 is 24.7 Å². The van der Waals surface area contributed by atoms with Crippen molar-refractivity contribution in [2.24, 2.45) is 0 Å². The predicted molar refractivity (Wildman–Crippen MR) is 89.2 cm³/mol. The number of aromatic hydroxyl groups is 2. The molecule has 0 fully saturated rings. The highest BCUT2D eigenvalue weighted by atomic mass is 16.6. The van der Waals surface area contributed by atoms with Gasteiger partial charge in [0, 0.05) is 18.1 Å². The maximum atomic E-state index is 11.6. The Morgan fingerprint density at radius 2 is 1.81 bits per heavy atom. The third kappa shape index (κ3) is 3.40. The maximum Gasteiger partial charge on any atom is 0.219 e. The number of benzene rings is 2. The third-order valence-corrected chi connectivity index (χ3v) is 3.87. The van der Waals surface area contributed by atoms with E-state index in [-0.39, 0.29) is 28.7 Å². The second kappa shape index (κ2) is 6.93. The highest BCUT2D eigenvalue weighted by Crippen LogP contribution is 2.40. The highest BCUT2D eigenvalue weighted by molar-refractivity contribution is 5.97. The zero-order chi connectivity index (χ0) is 18.8. The zero-order valence-electron chi connectivity index (χ0n) is 13.8. The van der Waals surface area contributed by atoms with E-state index in [1.54, 1.807) is 0 Å². The smallest absolute Gasteiger partial charge is 0.219 e. The Hall–Kier alpha value is -3.26. The van der Waals surface area contributed by atoms with E-state index in [9.17, 15) is 19.8 Å². The van der Waals surface area contributed by atoms with E-state index in [2.05, 4.69) is 5.32 Å². The molecular weight excluding hydrogens is 342 g/mol. The molecule has 136 valence electrons. The number of carbonyl (C=O) groups is 2. The first-order chi connectivity index (χ1) is 12.4. The number of amides is 1. The van der Waals surface area contributed by atoms with Gasteiger partial charge in [0.15, 0.2) is 34.9 Å². The Kier molecular flexibility index (Phi) is 4.68. The van der Waals surface area contributed by atoms with Crippen molar-refractivity contribution in [1.82, 2.24) is 5.32 Å². The number of ether oxygens (including phenoxy) is 2. The minimum Gasteiger partial charge on any atom is -0.504 e. The van der Waals surface area contributed by atoms with Crippen molar-refractivity contribution in [1.29, 1.82) is 0 Å².